The van der Waals surface area contributed by atoms with Crippen molar-refractivity contribution in [3.05, 3.63) is 72.6 Å². The first-order valence-electron chi connectivity index (χ1n) is 9.45. The lowest BCUT2D eigenvalue weighted by atomic mass is 10.1. The van der Waals surface area contributed by atoms with Gasteiger partial charge in [-0.15, -0.1) is 0 Å². The third-order valence-electron chi connectivity index (χ3n) is 5.18. The highest BCUT2D eigenvalue weighted by Crippen LogP contribution is 2.33. The van der Waals surface area contributed by atoms with Crippen molar-refractivity contribution in [2.45, 2.75) is 6.42 Å². The van der Waals surface area contributed by atoms with E-state index in [0.717, 1.165) is 23.1 Å². The number of aromatic nitrogens is 7. The Kier molecular flexibility index (Phi) is 3.58. The van der Waals surface area contributed by atoms with E-state index in [9.17, 15) is 0 Å². The quantitative estimate of drug-likeness (QED) is 0.471. The van der Waals surface area contributed by atoms with E-state index in [2.05, 4.69) is 53.3 Å². The highest BCUT2D eigenvalue weighted by Gasteiger charge is 2.21. The monoisotopic (exact) mass is 395 g/mol. The Morgan fingerprint density at radius 1 is 1.03 bits per heavy atom. The van der Waals surface area contributed by atoms with Crippen LogP contribution in [0.5, 0.6) is 0 Å². The normalized spacial score (nSPS) is 13.4. The molecule has 1 aliphatic rings. The molecular formula is C22H14FN7. The van der Waals surface area contributed by atoms with E-state index in [0.29, 0.717) is 33.6 Å². The Morgan fingerprint density at radius 3 is 2.83 bits per heavy atom. The molecule has 0 aliphatic heterocycles. The van der Waals surface area contributed by atoms with Crippen LogP contribution in [0.25, 0.3) is 50.4 Å². The number of hydrogen-bond donors (Lipinski definition) is 2. The van der Waals surface area contributed by atoms with Crippen molar-refractivity contribution in [1.29, 1.82) is 0 Å². The van der Waals surface area contributed by atoms with Gasteiger partial charge in [0.2, 0.25) is 0 Å². The minimum atomic E-state index is -0.473. The summed E-state index contributed by atoms with van der Waals surface area (Å²) in [5.41, 5.74) is 5.15. The third kappa shape index (κ3) is 2.47. The van der Waals surface area contributed by atoms with E-state index >= 15 is 4.39 Å². The number of imidazole rings is 1. The molecule has 144 valence electrons. The van der Waals surface area contributed by atoms with Gasteiger partial charge < -0.3 is 4.98 Å². The molecule has 0 fully saturated rings. The molecule has 2 N–H and O–H groups in total. The maximum absolute atomic E-state index is 15.5. The summed E-state index contributed by atoms with van der Waals surface area (Å²) in [4.78, 5) is 20.5. The van der Waals surface area contributed by atoms with Gasteiger partial charge in [0.15, 0.2) is 17.3 Å². The van der Waals surface area contributed by atoms with Crippen LogP contribution in [0.1, 0.15) is 12.0 Å². The zero-order chi connectivity index (χ0) is 20.1. The number of nitrogens with zero attached hydrogens (tertiary/aromatic N) is 5. The number of allylic oxidation sites excluding steroid dienone is 4. The number of pyridine rings is 3. The molecule has 0 radical (unpaired) electrons. The van der Waals surface area contributed by atoms with E-state index in [1.165, 1.54) is 0 Å². The first-order valence-corrected chi connectivity index (χ1v) is 9.45. The van der Waals surface area contributed by atoms with E-state index in [1.54, 1.807) is 36.9 Å². The average molecular weight is 395 g/mol. The molecule has 6 rings (SSSR count). The van der Waals surface area contributed by atoms with Gasteiger partial charge in [0.05, 0.1) is 22.6 Å². The van der Waals surface area contributed by atoms with Gasteiger partial charge in [0.1, 0.15) is 11.4 Å². The smallest absolute Gasteiger partial charge is 0.178 e. The largest absolute Gasteiger partial charge is 0.335 e. The third-order valence-corrected chi connectivity index (χ3v) is 5.18. The highest BCUT2D eigenvalue weighted by atomic mass is 19.1. The van der Waals surface area contributed by atoms with Gasteiger partial charge in [-0.3, -0.25) is 15.1 Å². The van der Waals surface area contributed by atoms with Crippen LogP contribution in [0.3, 0.4) is 0 Å². The molecule has 0 unspecified atom stereocenters. The number of fused-ring (bicyclic) bond motifs is 2. The van der Waals surface area contributed by atoms with Gasteiger partial charge in [0.25, 0.3) is 0 Å². The molecule has 7 nitrogen and oxygen atoms in total. The molecule has 30 heavy (non-hydrogen) atoms. The molecule has 5 heterocycles. The van der Waals surface area contributed by atoms with Crippen LogP contribution in [-0.2, 0) is 0 Å². The lowest BCUT2D eigenvalue weighted by Crippen LogP contribution is -1.92. The molecular weight excluding hydrogens is 381 g/mol. The summed E-state index contributed by atoms with van der Waals surface area (Å²) in [6, 6.07) is 5.46. The molecule has 5 aromatic rings. The Labute approximate surface area is 169 Å². The molecule has 0 saturated carbocycles. The Hall–Kier alpha value is -4.20. The molecule has 5 aromatic heterocycles. The highest BCUT2D eigenvalue weighted by molar-refractivity contribution is 5.97. The maximum atomic E-state index is 15.5. The lowest BCUT2D eigenvalue weighted by Gasteiger charge is -2.03. The summed E-state index contributed by atoms with van der Waals surface area (Å²) in [6.45, 7) is 0. The van der Waals surface area contributed by atoms with Crippen LogP contribution in [0.4, 0.5) is 4.39 Å². The van der Waals surface area contributed by atoms with Crippen LogP contribution in [0.2, 0.25) is 0 Å². The fourth-order valence-corrected chi connectivity index (χ4v) is 3.77. The van der Waals surface area contributed by atoms with Crippen molar-refractivity contribution in [3.63, 3.8) is 0 Å². The first kappa shape index (κ1) is 16.7. The van der Waals surface area contributed by atoms with Gasteiger partial charge >= 0.3 is 0 Å². The molecule has 1 aliphatic carbocycles. The summed E-state index contributed by atoms with van der Waals surface area (Å²) in [7, 11) is 0. The summed E-state index contributed by atoms with van der Waals surface area (Å²) in [6.07, 6.45) is 13.7. The number of aromatic amines is 2. The zero-order valence-electron chi connectivity index (χ0n) is 15.6. The SMILES string of the molecule is Fc1c(-c2cccnc2)ncc2[nH]nc(-c3nc4nccc(C5=CCC=C5)c4[nH]3)c12. The Bertz CT molecular complexity index is 1480. The summed E-state index contributed by atoms with van der Waals surface area (Å²) in [5, 5.41) is 7.49. The number of rotatable bonds is 3. The maximum Gasteiger partial charge on any atom is 0.178 e. The predicted octanol–water partition coefficient (Wildman–Crippen LogP) is 4.44. The average Bonchev–Trinajstić information content (AvgIpc) is 3.53. The molecule has 0 atom stereocenters. The second-order valence-electron chi connectivity index (χ2n) is 6.96. The van der Waals surface area contributed by atoms with Gasteiger partial charge in [-0.25, -0.2) is 14.4 Å². The molecule has 0 amide bonds. The number of hydrogen-bond acceptors (Lipinski definition) is 5. The van der Waals surface area contributed by atoms with Gasteiger partial charge in [-0.05, 0) is 30.2 Å². The van der Waals surface area contributed by atoms with Gasteiger partial charge in [-0.2, -0.15) is 5.10 Å². The van der Waals surface area contributed by atoms with E-state index in [4.69, 9.17) is 0 Å². The van der Waals surface area contributed by atoms with Crippen LogP contribution in [0, 0.1) is 5.82 Å². The number of nitrogens with one attached hydrogen (secondary N) is 2. The topological polar surface area (TPSA) is 96.0 Å². The fourth-order valence-electron chi connectivity index (χ4n) is 3.77. The van der Waals surface area contributed by atoms with Gasteiger partial charge in [0, 0.05) is 29.7 Å². The lowest BCUT2D eigenvalue weighted by molar-refractivity contribution is 0.638. The second kappa shape index (κ2) is 6.41. The van der Waals surface area contributed by atoms with Crippen LogP contribution in [0.15, 0.2) is 61.2 Å². The van der Waals surface area contributed by atoms with E-state index < -0.39 is 5.82 Å². The zero-order valence-corrected chi connectivity index (χ0v) is 15.6. The minimum Gasteiger partial charge on any atom is -0.335 e. The van der Waals surface area contributed by atoms with Crippen molar-refractivity contribution < 1.29 is 4.39 Å². The number of H-pyrrole nitrogens is 2. The molecule has 0 saturated heterocycles. The molecule has 0 spiro atoms. The van der Waals surface area contributed by atoms with Crippen molar-refractivity contribution in [1.82, 2.24) is 35.1 Å². The minimum absolute atomic E-state index is 0.217. The van der Waals surface area contributed by atoms with Crippen LogP contribution >= 0.6 is 0 Å². The fraction of sp³-hybridized carbons (Fsp3) is 0.0455. The number of halogens is 1. The standard InChI is InChI=1S/C22H14FN7/c23-17-16-15(11-26-18(17)13-6-3-8-24-10-13)29-30-20(16)22-27-19-14(12-4-1-2-5-12)7-9-25-21(19)28-22/h1,3-11H,2H2,(H,29,30)(H,25,27,28). The van der Waals surface area contributed by atoms with E-state index in [1.807, 2.05) is 6.07 Å². The van der Waals surface area contributed by atoms with Crippen molar-refractivity contribution >= 4 is 27.6 Å². The summed E-state index contributed by atoms with van der Waals surface area (Å²) in [5.74, 6) is -0.0275. The van der Waals surface area contributed by atoms with Crippen molar-refractivity contribution in [2.24, 2.45) is 0 Å². The predicted molar refractivity (Wildman–Crippen MR) is 112 cm³/mol. The van der Waals surface area contributed by atoms with Crippen molar-refractivity contribution in [3.8, 4) is 22.8 Å². The molecule has 8 heteroatoms. The van der Waals surface area contributed by atoms with Crippen LogP contribution < -0.4 is 0 Å². The molecule has 0 bridgehead atoms. The first-order chi connectivity index (χ1) is 14.8. The van der Waals surface area contributed by atoms with Crippen LogP contribution in [-0.4, -0.2) is 35.1 Å². The Balaban J connectivity index is 1.56. The summed E-state index contributed by atoms with van der Waals surface area (Å²) < 4.78 is 15.5. The van der Waals surface area contributed by atoms with Crippen molar-refractivity contribution in [2.75, 3.05) is 0 Å². The second-order valence-corrected chi connectivity index (χ2v) is 6.96. The summed E-state index contributed by atoms with van der Waals surface area (Å²) >= 11 is 0. The molecule has 0 aromatic carbocycles. The van der Waals surface area contributed by atoms with Gasteiger partial charge in [-0.1, -0.05) is 18.2 Å². The Morgan fingerprint density at radius 2 is 2.00 bits per heavy atom. The van der Waals surface area contributed by atoms with E-state index in [-0.39, 0.29) is 5.69 Å².